The molecule has 0 radical (unpaired) electrons. The Balaban J connectivity index is 1.33. The number of carbonyl (C=O) groups is 2. The summed E-state index contributed by atoms with van der Waals surface area (Å²) in [5.74, 6) is -1.75. The van der Waals surface area contributed by atoms with Gasteiger partial charge in [0.25, 0.3) is 0 Å². The monoisotopic (exact) mass is 796 g/mol. The van der Waals surface area contributed by atoms with Crippen LogP contribution in [0.4, 0.5) is 28.8 Å². The molecule has 3 aliphatic heterocycles. The fourth-order valence-electron chi connectivity index (χ4n) is 7.92. The summed E-state index contributed by atoms with van der Waals surface area (Å²) < 4.78 is 63.2. The fraction of sp³-hybridized carbons (Fsp3) is 0.462. The maximum absolute atomic E-state index is 17.3. The standard InChI is InChI=1S/C39H40ClF3N6O5S/c1-5-52-35(50)22-9-13-48(14-10-22)33-24-15-26(40)29(23-7-8-27(42)32-28(23)25(18-44)34(55-32)47-37(51)54-38(2,3)4)30(43)31(24)45-36(46-33)53-20-39-11-6-12-49(39)19-21(16-39)17-41/h7-8,15,17,22H,5-6,9-14,16,19-20H2,1-4H3,(H,47,51)/b21-17-/t39-/m0/s1. The highest BCUT2D eigenvalue weighted by molar-refractivity contribution is 7.23. The molecule has 16 heteroatoms. The van der Waals surface area contributed by atoms with Crippen LogP contribution in [-0.4, -0.2) is 77.5 Å². The molecule has 0 aliphatic carbocycles. The van der Waals surface area contributed by atoms with E-state index in [-0.39, 0.29) is 78.8 Å². The lowest BCUT2D eigenvalue weighted by Gasteiger charge is -2.33. The molecule has 4 aromatic rings. The number of rotatable bonds is 8. The third-order valence-electron chi connectivity index (χ3n) is 10.4. The van der Waals surface area contributed by atoms with E-state index in [9.17, 15) is 19.2 Å². The number of halogens is 4. The van der Waals surface area contributed by atoms with Gasteiger partial charge in [0.15, 0.2) is 5.82 Å². The van der Waals surface area contributed by atoms with Crippen molar-refractivity contribution in [3.05, 3.63) is 52.3 Å². The molecule has 2 aromatic carbocycles. The number of carbonyl (C=O) groups excluding carboxylic acids is 2. The molecule has 0 saturated carbocycles. The lowest BCUT2D eigenvalue weighted by atomic mass is 9.94. The number of amides is 1. The number of esters is 1. The highest BCUT2D eigenvalue weighted by Gasteiger charge is 2.47. The van der Waals surface area contributed by atoms with Gasteiger partial charge >= 0.3 is 18.1 Å². The van der Waals surface area contributed by atoms with Crippen LogP contribution in [0, 0.1) is 28.9 Å². The van der Waals surface area contributed by atoms with E-state index < -0.39 is 28.9 Å². The van der Waals surface area contributed by atoms with Gasteiger partial charge in [0.2, 0.25) is 0 Å². The zero-order chi connectivity index (χ0) is 39.2. The van der Waals surface area contributed by atoms with Crippen molar-refractivity contribution in [2.75, 3.05) is 49.6 Å². The van der Waals surface area contributed by atoms with Gasteiger partial charge in [-0.05, 0) is 89.6 Å². The van der Waals surface area contributed by atoms with Crippen LogP contribution in [0.3, 0.4) is 0 Å². The van der Waals surface area contributed by atoms with Crippen molar-refractivity contribution < 1.29 is 37.0 Å². The average molecular weight is 797 g/mol. The van der Waals surface area contributed by atoms with Crippen LogP contribution in [0.2, 0.25) is 5.02 Å². The second-order valence-corrected chi connectivity index (χ2v) is 16.5. The van der Waals surface area contributed by atoms with Gasteiger partial charge in [0.05, 0.1) is 39.7 Å². The summed E-state index contributed by atoms with van der Waals surface area (Å²) in [5.41, 5.74) is -0.849. The molecular formula is C39H40ClF3N6O5S. The molecule has 0 bridgehead atoms. The summed E-state index contributed by atoms with van der Waals surface area (Å²) in [4.78, 5) is 38.7. The summed E-state index contributed by atoms with van der Waals surface area (Å²) >= 11 is 7.73. The molecule has 3 fully saturated rings. The highest BCUT2D eigenvalue weighted by Crippen LogP contribution is 2.47. The number of aromatic nitrogens is 2. The molecule has 1 amide bonds. The van der Waals surface area contributed by atoms with Gasteiger partial charge in [-0.3, -0.25) is 15.0 Å². The Morgan fingerprint density at radius 1 is 1.20 bits per heavy atom. The van der Waals surface area contributed by atoms with Gasteiger partial charge in [-0.1, -0.05) is 17.7 Å². The first-order valence-electron chi connectivity index (χ1n) is 18.2. The smallest absolute Gasteiger partial charge is 0.412 e. The fourth-order valence-corrected chi connectivity index (χ4v) is 9.28. The molecule has 3 aliphatic rings. The molecule has 1 N–H and O–H groups in total. The minimum Gasteiger partial charge on any atom is -0.466 e. The molecule has 290 valence electrons. The first-order valence-corrected chi connectivity index (χ1v) is 19.4. The topological polar surface area (TPSA) is 130 Å². The summed E-state index contributed by atoms with van der Waals surface area (Å²) in [6, 6.07) is 5.96. The van der Waals surface area contributed by atoms with Crippen LogP contribution < -0.4 is 15.0 Å². The van der Waals surface area contributed by atoms with E-state index in [4.69, 9.17) is 30.8 Å². The highest BCUT2D eigenvalue weighted by atomic mass is 35.5. The number of anilines is 2. The van der Waals surface area contributed by atoms with Crippen molar-refractivity contribution in [2.24, 2.45) is 5.92 Å². The van der Waals surface area contributed by atoms with Crippen LogP contribution in [0.25, 0.3) is 32.1 Å². The van der Waals surface area contributed by atoms with Crippen molar-refractivity contribution in [3.63, 3.8) is 0 Å². The Morgan fingerprint density at radius 2 is 1.96 bits per heavy atom. The lowest BCUT2D eigenvalue weighted by Crippen LogP contribution is -2.43. The van der Waals surface area contributed by atoms with E-state index in [2.05, 4.69) is 15.2 Å². The quantitative estimate of drug-likeness (QED) is 0.173. The summed E-state index contributed by atoms with van der Waals surface area (Å²) in [6.07, 6.45) is 2.97. The first kappa shape index (κ1) is 38.6. The molecule has 7 rings (SSSR count). The second kappa shape index (κ2) is 15.1. The van der Waals surface area contributed by atoms with Gasteiger partial charge in [-0.15, -0.1) is 11.3 Å². The van der Waals surface area contributed by atoms with E-state index in [0.29, 0.717) is 56.6 Å². The van der Waals surface area contributed by atoms with Crippen LogP contribution >= 0.6 is 22.9 Å². The summed E-state index contributed by atoms with van der Waals surface area (Å²) in [5, 5.41) is 13.1. The maximum atomic E-state index is 17.3. The Kier molecular flexibility index (Phi) is 10.6. The number of nitrogens with zero attached hydrogens (tertiary/aromatic N) is 5. The number of nitrogens with one attached hydrogen (secondary N) is 1. The Hall–Kier alpha value is -4.65. The first-order chi connectivity index (χ1) is 26.3. The van der Waals surface area contributed by atoms with Crippen molar-refractivity contribution in [1.82, 2.24) is 14.9 Å². The van der Waals surface area contributed by atoms with Crippen LogP contribution in [0.5, 0.6) is 6.01 Å². The molecule has 55 heavy (non-hydrogen) atoms. The lowest BCUT2D eigenvalue weighted by molar-refractivity contribution is -0.148. The predicted molar refractivity (Wildman–Crippen MR) is 204 cm³/mol. The average Bonchev–Trinajstić information content (AvgIpc) is 3.82. The minimum atomic E-state index is -0.855. The third-order valence-corrected chi connectivity index (χ3v) is 11.8. The zero-order valence-corrected chi connectivity index (χ0v) is 32.4. The molecule has 3 saturated heterocycles. The number of nitriles is 1. The number of benzene rings is 2. The Morgan fingerprint density at radius 3 is 2.65 bits per heavy atom. The zero-order valence-electron chi connectivity index (χ0n) is 30.9. The minimum absolute atomic E-state index is 0.00572. The predicted octanol–water partition coefficient (Wildman–Crippen LogP) is 8.91. The molecule has 0 unspecified atom stereocenters. The number of ether oxygens (including phenoxy) is 3. The Labute approximate surface area is 325 Å². The second-order valence-electron chi connectivity index (χ2n) is 15.1. The number of piperidine rings is 1. The van der Waals surface area contributed by atoms with E-state index in [1.54, 1.807) is 27.7 Å². The van der Waals surface area contributed by atoms with Crippen molar-refractivity contribution in [2.45, 2.75) is 70.9 Å². The van der Waals surface area contributed by atoms with Gasteiger partial charge in [-0.2, -0.15) is 15.2 Å². The molecule has 5 heterocycles. The maximum Gasteiger partial charge on any atom is 0.412 e. The Bertz CT molecular complexity index is 2260. The number of hydrogen-bond acceptors (Lipinski definition) is 11. The normalized spacial score (nSPS) is 19.9. The van der Waals surface area contributed by atoms with E-state index >= 15 is 8.78 Å². The third kappa shape index (κ3) is 7.39. The summed E-state index contributed by atoms with van der Waals surface area (Å²) in [6.45, 7) is 9.34. The molecule has 2 aromatic heterocycles. The molecular weight excluding hydrogens is 757 g/mol. The van der Waals surface area contributed by atoms with E-state index in [1.165, 1.54) is 12.1 Å². The van der Waals surface area contributed by atoms with E-state index in [1.807, 2.05) is 11.0 Å². The molecule has 1 atom stereocenters. The van der Waals surface area contributed by atoms with Gasteiger partial charge in [-0.25, -0.2) is 18.0 Å². The van der Waals surface area contributed by atoms with Crippen LogP contribution in [0.1, 0.15) is 65.4 Å². The molecule has 0 spiro atoms. The number of thiophene rings is 1. The number of hydrogen-bond donors (Lipinski definition) is 1. The van der Waals surface area contributed by atoms with Gasteiger partial charge < -0.3 is 19.1 Å². The van der Waals surface area contributed by atoms with Crippen LogP contribution in [0.15, 0.2) is 30.1 Å². The van der Waals surface area contributed by atoms with Crippen molar-refractivity contribution in [1.29, 1.82) is 5.26 Å². The SMILES string of the molecule is CCOC(=O)C1CCN(c2nc(OC[C@@]34CCCN3C/C(=C\F)C4)nc3c(F)c(-c4ccc(F)c5sc(NC(=O)OC(C)(C)C)c(C#N)c45)c(Cl)cc23)CC1. The number of fused-ring (bicyclic) bond motifs is 3. The largest absolute Gasteiger partial charge is 0.466 e. The van der Waals surface area contributed by atoms with Gasteiger partial charge in [0, 0.05) is 36.0 Å². The van der Waals surface area contributed by atoms with Gasteiger partial charge in [0.1, 0.15) is 40.4 Å². The van der Waals surface area contributed by atoms with Crippen molar-refractivity contribution in [3.8, 4) is 23.2 Å². The van der Waals surface area contributed by atoms with Crippen molar-refractivity contribution >= 4 is 66.8 Å². The molecule has 11 nitrogen and oxygen atoms in total. The van der Waals surface area contributed by atoms with Crippen LogP contribution in [-0.2, 0) is 14.3 Å². The van der Waals surface area contributed by atoms with E-state index in [0.717, 1.165) is 36.8 Å². The summed E-state index contributed by atoms with van der Waals surface area (Å²) in [7, 11) is 0.